The lowest BCUT2D eigenvalue weighted by molar-refractivity contribution is 1.35. The molecule has 0 bridgehead atoms. The largest absolute Gasteiger partial charge is 0.243 e. The summed E-state index contributed by atoms with van der Waals surface area (Å²) in [5.41, 5.74) is 11.1. The van der Waals surface area contributed by atoms with Gasteiger partial charge < -0.3 is 0 Å². The Labute approximate surface area is 178 Å². The van der Waals surface area contributed by atoms with Crippen LogP contribution in [0.1, 0.15) is 16.7 Å². The van der Waals surface area contributed by atoms with Crippen LogP contribution in [0.15, 0.2) is 84.9 Å². The molecule has 1 aliphatic rings. The lowest BCUT2D eigenvalue weighted by Crippen LogP contribution is -2.54. The number of hydrogen-bond donors (Lipinski definition) is 0. The lowest BCUT2D eigenvalue weighted by Gasteiger charge is -2.22. The fourth-order valence-electron chi connectivity index (χ4n) is 5.80. The molecule has 5 aromatic carbocycles. The molecule has 1 heteroatoms. The van der Waals surface area contributed by atoms with Gasteiger partial charge in [-0.15, -0.1) is 0 Å². The Morgan fingerprint density at radius 3 is 1.43 bits per heavy atom. The maximum absolute atomic E-state index is 2.35. The van der Waals surface area contributed by atoms with Gasteiger partial charge in [0.15, 0.2) is 0 Å². The standard InChI is InChI=1S/C29H23B/c1-18-16-19(2)29(20(3)17-18)30-25-14-6-10-21-8-4-12-23(27(21)25)24-13-5-9-22-11-7-15-26(30)28(22)24/h4-17H,1-3H3. The van der Waals surface area contributed by atoms with Crippen molar-refractivity contribution >= 4 is 44.6 Å². The molecule has 0 saturated heterocycles. The van der Waals surface area contributed by atoms with Gasteiger partial charge in [-0.2, -0.15) is 0 Å². The maximum Gasteiger partial charge on any atom is 0.243 e. The first kappa shape index (κ1) is 17.5. The van der Waals surface area contributed by atoms with E-state index in [-0.39, 0.29) is 6.71 Å². The number of aryl methyl sites for hydroxylation is 3. The van der Waals surface area contributed by atoms with Gasteiger partial charge in [0.25, 0.3) is 0 Å². The van der Waals surface area contributed by atoms with Gasteiger partial charge in [0, 0.05) is 0 Å². The van der Waals surface area contributed by atoms with E-state index < -0.39 is 0 Å². The van der Waals surface area contributed by atoms with Crippen LogP contribution in [0.4, 0.5) is 0 Å². The van der Waals surface area contributed by atoms with Gasteiger partial charge >= 0.3 is 0 Å². The van der Waals surface area contributed by atoms with E-state index in [0.29, 0.717) is 0 Å². The molecule has 30 heavy (non-hydrogen) atoms. The summed E-state index contributed by atoms with van der Waals surface area (Å²) in [4.78, 5) is 0. The Morgan fingerprint density at radius 1 is 0.533 bits per heavy atom. The zero-order chi connectivity index (χ0) is 20.4. The van der Waals surface area contributed by atoms with E-state index >= 15 is 0 Å². The minimum atomic E-state index is 0.225. The average molecular weight is 382 g/mol. The molecule has 6 rings (SSSR count). The summed E-state index contributed by atoms with van der Waals surface area (Å²) in [5.74, 6) is 0. The quantitative estimate of drug-likeness (QED) is 0.334. The molecule has 0 saturated carbocycles. The highest BCUT2D eigenvalue weighted by Crippen LogP contribution is 2.35. The normalized spacial score (nSPS) is 12.4. The molecular formula is C29H23B. The minimum Gasteiger partial charge on any atom is -0.0663 e. The van der Waals surface area contributed by atoms with Crippen molar-refractivity contribution in [1.82, 2.24) is 0 Å². The van der Waals surface area contributed by atoms with E-state index in [2.05, 4.69) is 106 Å². The van der Waals surface area contributed by atoms with Crippen LogP contribution in [0.3, 0.4) is 0 Å². The molecule has 0 amide bonds. The van der Waals surface area contributed by atoms with Gasteiger partial charge in [0.2, 0.25) is 6.71 Å². The van der Waals surface area contributed by atoms with E-state index in [1.807, 2.05) is 0 Å². The zero-order valence-corrected chi connectivity index (χ0v) is 17.7. The zero-order valence-electron chi connectivity index (χ0n) is 17.7. The summed E-state index contributed by atoms with van der Waals surface area (Å²) in [6.45, 7) is 6.97. The van der Waals surface area contributed by atoms with Gasteiger partial charge in [-0.3, -0.25) is 0 Å². The van der Waals surface area contributed by atoms with Gasteiger partial charge in [0.05, 0.1) is 0 Å². The third-order valence-electron chi connectivity index (χ3n) is 6.81. The van der Waals surface area contributed by atoms with Crippen LogP contribution < -0.4 is 16.4 Å². The molecule has 0 spiro atoms. The van der Waals surface area contributed by atoms with Gasteiger partial charge in [-0.05, 0) is 53.4 Å². The monoisotopic (exact) mass is 382 g/mol. The summed E-state index contributed by atoms with van der Waals surface area (Å²) in [6.07, 6.45) is 0. The van der Waals surface area contributed by atoms with Crippen LogP contribution in [0.25, 0.3) is 32.7 Å². The first-order chi connectivity index (χ1) is 14.6. The maximum atomic E-state index is 2.35. The SMILES string of the molecule is Cc1cc(C)c(B2c3cccc4cccc(c34)-c3cccc4cccc2c34)c(C)c1. The molecule has 0 aromatic heterocycles. The van der Waals surface area contributed by atoms with Crippen LogP contribution in [0, 0.1) is 20.8 Å². The lowest BCUT2D eigenvalue weighted by atomic mass is 9.34. The summed E-state index contributed by atoms with van der Waals surface area (Å²) < 4.78 is 0. The summed E-state index contributed by atoms with van der Waals surface area (Å²) in [6, 6.07) is 31.8. The van der Waals surface area contributed by atoms with Crippen LogP contribution in [-0.4, -0.2) is 6.71 Å². The molecule has 142 valence electrons. The third-order valence-corrected chi connectivity index (χ3v) is 6.81. The van der Waals surface area contributed by atoms with Crippen molar-refractivity contribution < 1.29 is 0 Å². The van der Waals surface area contributed by atoms with Gasteiger partial charge in [0.1, 0.15) is 0 Å². The van der Waals surface area contributed by atoms with Crippen molar-refractivity contribution in [1.29, 1.82) is 0 Å². The predicted molar refractivity (Wildman–Crippen MR) is 132 cm³/mol. The molecule has 0 nitrogen and oxygen atoms in total. The predicted octanol–water partition coefficient (Wildman–Crippen LogP) is 5.41. The van der Waals surface area contributed by atoms with Gasteiger partial charge in [-0.25, -0.2) is 0 Å². The summed E-state index contributed by atoms with van der Waals surface area (Å²) in [5, 5.41) is 5.44. The second-order valence-electron chi connectivity index (χ2n) is 8.75. The van der Waals surface area contributed by atoms with Crippen LogP contribution in [-0.2, 0) is 0 Å². The van der Waals surface area contributed by atoms with Crippen LogP contribution >= 0.6 is 0 Å². The highest BCUT2D eigenvalue weighted by Gasteiger charge is 2.32. The highest BCUT2D eigenvalue weighted by atomic mass is 14.2. The van der Waals surface area contributed by atoms with Crippen LogP contribution in [0.2, 0.25) is 0 Å². The first-order valence-corrected chi connectivity index (χ1v) is 10.7. The van der Waals surface area contributed by atoms with E-state index in [4.69, 9.17) is 0 Å². The number of hydrogen-bond acceptors (Lipinski definition) is 0. The Kier molecular flexibility index (Phi) is 3.71. The Bertz CT molecular complexity index is 1360. The second-order valence-corrected chi connectivity index (χ2v) is 8.75. The Hall–Kier alpha value is -3.32. The Morgan fingerprint density at radius 2 is 0.967 bits per heavy atom. The highest BCUT2D eigenvalue weighted by molar-refractivity contribution is 6.99. The van der Waals surface area contributed by atoms with Crippen molar-refractivity contribution in [2.45, 2.75) is 20.8 Å². The van der Waals surface area contributed by atoms with Crippen LogP contribution in [0.5, 0.6) is 0 Å². The van der Waals surface area contributed by atoms with Gasteiger partial charge in [-0.1, -0.05) is 118 Å². The molecule has 5 aromatic rings. The van der Waals surface area contributed by atoms with Crippen molar-refractivity contribution in [3.8, 4) is 11.1 Å². The fourth-order valence-corrected chi connectivity index (χ4v) is 5.80. The summed E-state index contributed by atoms with van der Waals surface area (Å²) in [7, 11) is 0. The first-order valence-electron chi connectivity index (χ1n) is 10.7. The third kappa shape index (κ3) is 2.35. The second kappa shape index (κ2) is 6.34. The summed E-state index contributed by atoms with van der Waals surface area (Å²) >= 11 is 0. The molecule has 0 aliphatic carbocycles. The fraction of sp³-hybridized carbons (Fsp3) is 0.103. The van der Waals surface area contributed by atoms with E-state index in [1.165, 1.54) is 65.8 Å². The topological polar surface area (TPSA) is 0 Å². The van der Waals surface area contributed by atoms with Crippen molar-refractivity contribution in [3.63, 3.8) is 0 Å². The molecule has 1 aliphatic heterocycles. The van der Waals surface area contributed by atoms with E-state index in [1.54, 1.807) is 0 Å². The minimum absolute atomic E-state index is 0.225. The average Bonchev–Trinajstić information content (AvgIpc) is 2.85. The molecule has 0 unspecified atom stereocenters. The molecule has 1 heterocycles. The number of benzene rings is 5. The molecule has 0 fully saturated rings. The number of rotatable bonds is 1. The number of fused-ring (bicyclic) bond motifs is 1. The smallest absolute Gasteiger partial charge is 0.0663 e. The van der Waals surface area contributed by atoms with Crippen molar-refractivity contribution in [2.75, 3.05) is 0 Å². The molecule has 0 N–H and O–H groups in total. The Balaban J connectivity index is 1.87. The van der Waals surface area contributed by atoms with Crippen molar-refractivity contribution in [2.24, 2.45) is 0 Å². The van der Waals surface area contributed by atoms with E-state index in [0.717, 1.165) is 0 Å². The van der Waals surface area contributed by atoms with E-state index in [9.17, 15) is 0 Å². The molecule has 0 radical (unpaired) electrons. The molecular weight excluding hydrogens is 359 g/mol. The molecule has 0 atom stereocenters. The van der Waals surface area contributed by atoms with Crippen molar-refractivity contribution in [3.05, 3.63) is 102 Å².